The lowest BCUT2D eigenvalue weighted by Crippen LogP contribution is -2.10. The van der Waals surface area contributed by atoms with Gasteiger partial charge in [0.25, 0.3) is 0 Å². The first-order valence-electron chi connectivity index (χ1n) is 7.43. The number of nitrogen functional groups attached to an aromatic ring is 1. The number of H-pyrrole nitrogens is 1. The number of anilines is 1. The molecule has 0 radical (unpaired) electrons. The van der Waals surface area contributed by atoms with Crippen LogP contribution in [0.2, 0.25) is 10.0 Å². The Morgan fingerprint density at radius 2 is 1.86 bits per heavy atom. The van der Waals surface area contributed by atoms with E-state index in [2.05, 4.69) is 10.2 Å². The van der Waals surface area contributed by atoms with Crippen LogP contribution in [-0.2, 0) is 0 Å². The van der Waals surface area contributed by atoms with Crippen molar-refractivity contribution in [1.29, 1.82) is 0 Å². The van der Waals surface area contributed by atoms with Crippen LogP contribution < -0.4 is 5.73 Å². The number of benzene rings is 1. The number of hydrogen-bond acceptors (Lipinski definition) is 2. The first-order chi connectivity index (χ1) is 10.1. The zero-order valence-electron chi connectivity index (χ0n) is 11.6. The monoisotopic (exact) mass is 321 g/mol. The molecule has 2 aliphatic carbocycles. The van der Waals surface area contributed by atoms with Crippen LogP contribution in [0.3, 0.4) is 0 Å². The van der Waals surface area contributed by atoms with Crippen LogP contribution in [0.5, 0.6) is 0 Å². The van der Waals surface area contributed by atoms with E-state index in [1.807, 2.05) is 18.2 Å². The van der Waals surface area contributed by atoms with E-state index in [4.69, 9.17) is 28.9 Å². The van der Waals surface area contributed by atoms with E-state index in [0.29, 0.717) is 21.8 Å². The molecule has 3 unspecified atom stereocenters. The number of nitrogens with one attached hydrogen (secondary N) is 1. The highest BCUT2D eigenvalue weighted by Gasteiger charge is 2.42. The molecule has 2 saturated carbocycles. The highest BCUT2D eigenvalue weighted by molar-refractivity contribution is 6.39. The van der Waals surface area contributed by atoms with Crippen molar-refractivity contribution in [3.05, 3.63) is 33.9 Å². The number of nitrogens with two attached hydrogens (primary N) is 1. The molecule has 1 aromatic heterocycles. The van der Waals surface area contributed by atoms with Crippen LogP contribution in [0.1, 0.15) is 37.3 Å². The smallest absolute Gasteiger partial charge is 0.153 e. The minimum atomic E-state index is 0.489. The molecule has 21 heavy (non-hydrogen) atoms. The number of fused-ring (bicyclic) bond motifs is 2. The summed E-state index contributed by atoms with van der Waals surface area (Å²) in [5.74, 6) is 2.60. The van der Waals surface area contributed by atoms with Crippen molar-refractivity contribution in [2.45, 2.75) is 31.6 Å². The number of rotatable bonds is 2. The molecule has 5 heteroatoms. The summed E-state index contributed by atoms with van der Waals surface area (Å²) in [7, 11) is 0. The lowest BCUT2D eigenvalue weighted by molar-refractivity contribution is 0.413. The highest BCUT2D eigenvalue weighted by Crippen LogP contribution is 2.55. The average molecular weight is 322 g/mol. The number of aromatic amines is 1. The molecule has 4 rings (SSSR count). The Bertz CT molecular complexity index is 675. The molecule has 0 saturated heterocycles. The van der Waals surface area contributed by atoms with E-state index in [0.717, 1.165) is 28.7 Å². The molecule has 3 N–H and O–H groups in total. The minimum absolute atomic E-state index is 0.489. The van der Waals surface area contributed by atoms with E-state index in [-0.39, 0.29) is 0 Å². The third kappa shape index (κ3) is 2.06. The van der Waals surface area contributed by atoms with Gasteiger partial charge in [0.2, 0.25) is 0 Å². The molecule has 3 nitrogen and oxygen atoms in total. The molecular formula is C16H17Cl2N3. The topological polar surface area (TPSA) is 54.7 Å². The third-order valence-electron chi connectivity index (χ3n) is 5.14. The quantitative estimate of drug-likeness (QED) is 0.829. The van der Waals surface area contributed by atoms with Gasteiger partial charge in [0.15, 0.2) is 5.82 Å². The molecular weight excluding hydrogens is 305 g/mol. The summed E-state index contributed by atoms with van der Waals surface area (Å²) < 4.78 is 0. The SMILES string of the molecule is Nc1n[nH]c(C2CC3CCC2C3)c1-c1c(Cl)cccc1Cl. The van der Waals surface area contributed by atoms with Crippen molar-refractivity contribution in [1.82, 2.24) is 10.2 Å². The van der Waals surface area contributed by atoms with Gasteiger partial charge in [0, 0.05) is 22.7 Å². The van der Waals surface area contributed by atoms with Crippen molar-refractivity contribution in [2.24, 2.45) is 11.8 Å². The molecule has 2 bridgehead atoms. The maximum atomic E-state index is 6.37. The summed E-state index contributed by atoms with van der Waals surface area (Å²) in [6.07, 6.45) is 5.23. The lowest BCUT2D eigenvalue weighted by atomic mass is 9.84. The van der Waals surface area contributed by atoms with Gasteiger partial charge in [-0.1, -0.05) is 35.7 Å². The minimum Gasteiger partial charge on any atom is -0.382 e. The Hall–Kier alpha value is -1.19. The van der Waals surface area contributed by atoms with E-state index >= 15 is 0 Å². The Labute approximate surface area is 133 Å². The van der Waals surface area contributed by atoms with Crippen molar-refractivity contribution in [3.8, 4) is 11.1 Å². The molecule has 0 spiro atoms. The second-order valence-corrected chi connectivity index (χ2v) is 7.09. The molecule has 0 aliphatic heterocycles. The van der Waals surface area contributed by atoms with Gasteiger partial charge in [-0.25, -0.2) is 0 Å². The summed E-state index contributed by atoms with van der Waals surface area (Å²) in [4.78, 5) is 0. The Morgan fingerprint density at radius 3 is 2.48 bits per heavy atom. The van der Waals surface area contributed by atoms with E-state index in [9.17, 15) is 0 Å². The van der Waals surface area contributed by atoms with Gasteiger partial charge in [0.05, 0.1) is 10.0 Å². The zero-order chi connectivity index (χ0) is 14.6. The van der Waals surface area contributed by atoms with Gasteiger partial charge in [-0.15, -0.1) is 0 Å². The summed E-state index contributed by atoms with van der Waals surface area (Å²) in [6, 6.07) is 5.54. The number of hydrogen-bond donors (Lipinski definition) is 2. The van der Waals surface area contributed by atoms with Crippen molar-refractivity contribution >= 4 is 29.0 Å². The van der Waals surface area contributed by atoms with Crippen LogP contribution in [0.25, 0.3) is 11.1 Å². The summed E-state index contributed by atoms with van der Waals surface area (Å²) >= 11 is 12.7. The van der Waals surface area contributed by atoms with E-state index in [1.54, 1.807) is 0 Å². The molecule has 2 aliphatic rings. The largest absolute Gasteiger partial charge is 0.382 e. The highest BCUT2D eigenvalue weighted by atomic mass is 35.5. The second-order valence-electron chi connectivity index (χ2n) is 6.28. The maximum Gasteiger partial charge on any atom is 0.153 e. The molecule has 2 aromatic rings. The Morgan fingerprint density at radius 1 is 1.10 bits per heavy atom. The fourth-order valence-corrected chi connectivity index (χ4v) is 4.82. The van der Waals surface area contributed by atoms with Gasteiger partial charge in [-0.3, -0.25) is 5.10 Å². The zero-order valence-corrected chi connectivity index (χ0v) is 13.1. The maximum absolute atomic E-state index is 6.37. The summed E-state index contributed by atoms with van der Waals surface area (Å²) in [6.45, 7) is 0. The molecule has 110 valence electrons. The van der Waals surface area contributed by atoms with E-state index in [1.165, 1.54) is 25.7 Å². The van der Waals surface area contributed by atoms with Gasteiger partial charge in [-0.2, -0.15) is 5.10 Å². The average Bonchev–Trinajstić information content (AvgIpc) is 3.15. The van der Waals surface area contributed by atoms with Crippen LogP contribution in [0, 0.1) is 11.8 Å². The van der Waals surface area contributed by atoms with Crippen molar-refractivity contribution in [2.75, 3.05) is 5.73 Å². The van der Waals surface area contributed by atoms with Crippen LogP contribution >= 0.6 is 23.2 Å². The van der Waals surface area contributed by atoms with Gasteiger partial charge in [-0.05, 0) is 43.2 Å². The number of halogens is 2. The third-order valence-corrected chi connectivity index (χ3v) is 5.77. The first kappa shape index (κ1) is 13.5. The van der Waals surface area contributed by atoms with Crippen molar-refractivity contribution in [3.63, 3.8) is 0 Å². The summed E-state index contributed by atoms with van der Waals surface area (Å²) in [5, 5.41) is 8.65. The molecule has 0 amide bonds. The van der Waals surface area contributed by atoms with Gasteiger partial charge in [0.1, 0.15) is 0 Å². The van der Waals surface area contributed by atoms with Crippen LogP contribution in [-0.4, -0.2) is 10.2 Å². The van der Waals surface area contributed by atoms with Crippen LogP contribution in [0.4, 0.5) is 5.82 Å². The first-order valence-corrected chi connectivity index (χ1v) is 8.19. The second kappa shape index (κ2) is 4.92. The number of aromatic nitrogens is 2. The Balaban J connectivity index is 1.85. The number of nitrogens with zero attached hydrogens (tertiary/aromatic N) is 1. The molecule has 3 atom stereocenters. The summed E-state index contributed by atoms with van der Waals surface area (Å²) in [5.41, 5.74) is 8.95. The molecule has 1 heterocycles. The van der Waals surface area contributed by atoms with Crippen LogP contribution in [0.15, 0.2) is 18.2 Å². The Kier molecular flexibility index (Phi) is 3.16. The fraction of sp³-hybridized carbons (Fsp3) is 0.438. The van der Waals surface area contributed by atoms with Gasteiger partial charge < -0.3 is 5.73 Å². The lowest BCUT2D eigenvalue weighted by Gasteiger charge is -2.22. The van der Waals surface area contributed by atoms with Crippen molar-refractivity contribution < 1.29 is 0 Å². The predicted molar refractivity (Wildman–Crippen MR) is 86.6 cm³/mol. The van der Waals surface area contributed by atoms with Gasteiger partial charge >= 0.3 is 0 Å². The standard InChI is InChI=1S/C16H17Cl2N3/c17-11-2-1-3-12(18)13(11)14-15(20-21-16(14)19)10-7-8-4-5-9(10)6-8/h1-3,8-10H,4-7H2,(H3,19,20,21). The van der Waals surface area contributed by atoms with E-state index < -0.39 is 0 Å². The molecule has 1 aromatic carbocycles. The predicted octanol–water partition coefficient (Wildman–Crippen LogP) is 4.87. The normalized spacial score (nSPS) is 27.4. The molecule has 2 fully saturated rings. The fourth-order valence-electron chi connectivity index (χ4n) is 4.24.